The molecule has 10 heteroatoms. The van der Waals surface area contributed by atoms with Crippen LogP contribution in [0.3, 0.4) is 0 Å². The number of carbonyl (C=O) groups is 2. The van der Waals surface area contributed by atoms with Gasteiger partial charge in [0, 0.05) is 22.3 Å². The summed E-state index contributed by atoms with van der Waals surface area (Å²) in [6.07, 6.45) is 1.48. The Kier molecular flexibility index (Phi) is 6.11. The van der Waals surface area contributed by atoms with Crippen LogP contribution in [0.5, 0.6) is 0 Å². The largest absolute Gasteiger partial charge is 0.402 e. The lowest BCUT2D eigenvalue weighted by Gasteiger charge is -2.18. The van der Waals surface area contributed by atoms with Gasteiger partial charge in [-0.2, -0.15) is 0 Å². The number of thiazole rings is 1. The third-order valence-electron chi connectivity index (χ3n) is 4.15. The van der Waals surface area contributed by atoms with Crippen molar-refractivity contribution in [2.45, 2.75) is 6.92 Å². The van der Waals surface area contributed by atoms with Gasteiger partial charge in [0.25, 0.3) is 0 Å². The first-order chi connectivity index (χ1) is 14.8. The summed E-state index contributed by atoms with van der Waals surface area (Å²) < 4.78 is 5.24. The van der Waals surface area contributed by atoms with Gasteiger partial charge in [0.15, 0.2) is 10.8 Å². The van der Waals surface area contributed by atoms with Gasteiger partial charge in [0.1, 0.15) is 0 Å². The van der Waals surface area contributed by atoms with Gasteiger partial charge >= 0.3 is 5.97 Å². The quantitative estimate of drug-likeness (QED) is 0.324. The van der Waals surface area contributed by atoms with Gasteiger partial charge in [-0.15, -0.1) is 11.3 Å². The number of esters is 1. The number of aliphatic imine (C=N–C) groups is 1. The number of anilines is 2. The van der Waals surface area contributed by atoms with Crippen molar-refractivity contribution in [3.63, 3.8) is 0 Å². The van der Waals surface area contributed by atoms with Crippen LogP contribution in [-0.2, 0) is 14.3 Å². The van der Waals surface area contributed by atoms with Crippen LogP contribution in [0.2, 0.25) is 15.1 Å². The number of carbonyl (C=O) groups excluding carboxylic acids is 2. The number of amides is 1. The molecule has 1 aliphatic heterocycles. The zero-order chi connectivity index (χ0) is 22.1. The van der Waals surface area contributed by atoms with Crippen LogP contribution in [0.1, 0.15) is 18.2 Å². The molecule has 4 rings (SSSR count). The topological polar surface area (TPSA) is 71.9 Å². The van der Waals surface area contributed by atoms with Gasteiger partial charge in [-0.3, -0.25) is 9.69 Å². The van der Waals surface area contributed by atoms with E-state index in [0.717, 1.165) is 0 Å². The summed E-state index contributed by atoms with van der Waals surface area (Å²) in [6, 6.07) is 11.7. The molecule has 0 radical (unpaired) electrons. The van der Waals surface area contributed by atoms with Gasteiger partial charge in [0.05, 0.1) is 22.0 Å². The van der Waals surface area contributed by atoms with E-state index >= 15 is 0 Å². The number of benzene rings is 2. The van der Waals surface area contributed by atoms with E-state index in [1.165, 1.54) is 35.3 Å². The molecule has 0 aliphatic carbocycles. The molecule has 1 aromatic heterocycles. The van der Waals surface area contributed by atoms with E-state index in [0.29, 0.717) is 37.1 Å². The second-order valence-corrected chi connectivity index (χ2v) is 8.47. The van der Waals surface area contributed by atoms with Gasteiger partial charge < -0.3 is 4.74 Å². The maximum Gasteiger partial charge on any atom is 0.363 e. The maximum atomic E-state index is 12.3. The molecule has 0 N–H and O–H groups in total. The van der Waals surface area contributed by atoms with Gasteiger partial charge in [-0.05, 0) is 42.5 Å². The molecule has 0 spiro atoms. The zero-order valence-electron chi connectivity index (χ0n) is 15.8. The summed E-state index contributed by atoms with van der Waals surface area (Å²) in [4.78, 5) is 34.6. The highest BCUT2D eigenvalue weighted by atomic mass is 35.5. The average Bonchev–Trinajstić information content (AvgIpc) is 3.29. The predicted molar refractivity (Wildman–Crippen MR) is 123 cm³/mol. The molecule has 1 amide bonds. The summed E-state index contributed by atoms with van der Waals surface area (Å²) in [7, 11) is 0. The monoisotopic (exact) mass is 491 g/mol. The second kappa shape index (κ2) is 8.80. The number of cyclic esters (lactones) is 1. The lowest BCUT2D eigenvalue weighted by atomic mass is 10.2. The normalized spacial score (nSPS) is 14.5. The number of nitrogens with zero attached hydrogens (tertiary/aromatic N) is 3. The van der Waals surface area contributed by atoms with Crippen LogP contribution in [0.15, 0.2) is 58.5 Å². The van der Waals surface area contributed by atoms with Crippen molar-refractivity contribution in [3.05, 3.63) is 79.9 Å². The van der Waals surface area contributed by atoms with Crippen molar-refractivity contribution in [2.75, 3.05) is 4.90 Å². The minimum absolute atomic E-state index is 0.0648. The van der Waals surface area contributed by atoms with E-state index in [4.69, 9.17) is 39.5 Å². The molecule has 2 aromatic carbocycles. The zero-order valence-corrected chi connectivity index (χ0v) is 18.9. The first-order valence-electron chi connectivity index (χ1n) is 8.81. The highest BCUT2D eigenvalue weighted by Gasteiger charge is 2.26. The number of hydrogen-bond donors (Lipinski definition) is 0. The minimum Gasteiger partial charge on any atom is -0.402 e. The van der Waals surface area contributed by atoms with Crippen LogP contribution in [0.4, 0.5) is 10.8 Å². The molecule has 6 nitrogen and oxygen atoms in total. The number of hydrogen-bond acceptors (Lipinski definition) is 6. The molecule has 3 aromatic rings. The first kappa shape index (κ1) is 21.5. The van der Waals surface area contributed by atoms with Gasteiger partial charge in [-0.25, -0.2) is 14.8 Å². The summed E-state index contributed by atoms with van der Waals surface area (Å²) >= 11 is 19.4. The highest BCUT2D eigenvalue weighted by Crippen LogP contribution is 2.32. The van der Waals surface area contributed by atoms with E-state index in [1.807, 2.05) is 0 Å². The van der Waals surface area contributed by atoms with Crippen LogP contribution in [-0.4, -0.2) is 22.8 Å². The van der Waals surface area contributed by atoms with E-state index < -0.39 is 5.97 Å². The second-order valence-electron chi connectivity index (χ2n) is 6.35. The summed E-state index contributed by atoms with van der Waals surface area (Å²) in [6.45, 7) is 1.43. The van der Waals surface area contributed by atoms with Gasteiger partial charge in [0.2, 0.25) is 11.8 Å². The lowest BCUT2D eigenvalue weighted by Crippen LogP contribution is -2.22. The molecule has 2 heterocycles. The molecule has 0 atom stereocenters. The van der Waals surface area contributed by atoms with E-state index in [1.54, 1.807) is 41.8 Å². The minimum atomic E-state index is -0.631. The number of ether oxygens (including phenoxy) is 1. The molecule has 156 valence electrons. The average molecular weight is 493 g/mol. The Morgan fingerprint density at radius 2 is 1.90 bits per heavy atom. The molecule has 31 heavy (non-hydrogen) atoms. The van der Waals surface area contributed by atoms with Crippen molar-refractivity contribution in [1.29, 1.82) is 0 Å². The Labute approximate surface area is 196 Å². The molecule has 0 saturated carbocycles. The number of aromatic nitrogens is 1. The molecular weight excluding hydrogens is 481 g/mol. The maximum absolute atomic E-state index is 12.3. The Balaban J connectivity index is 1.65. The smallest absolute Gasteiger partial charge is 0.363 e. The molecule has 0 fully saturated rings. The molecule has 0 unspecified atom stereocenters. The number of rotatable bonds is 4. The Morgan fingerprint density at radius 3 is 2.61 bits per heavy atom. The fourth-order valence-electron chi connectivity index (χ4n) is 2.81. The van der Waals surface area contributed by atoms with Crippen molar-refractivity contribution in [3.8, 4) is 0 Å². The molecule has 1 aliphatic rings. The standard InChI is InChI=1S/C21H12Cl3N3O3S/c1-11(28)27(15-4-2-3-12(22)7-15)21-25-14(10-31-21)9-18-20(29)30-19(26-18)16-6-5-13(23)8-17(16)24/h2-10H,1H3/b18-9-. The fraction of sp³-hybridized carbons (Fsp3) is 0.0476. The van der Waals surface area contributed by atoms with Crippen LogP contribution in [0.25, 0.3) is 6.08 Å². The lowest BCUT2D eigenvalue weighted by molar-refractivity contribution is -0.130. The summed E-state index contributed by atoms with van der Waals surface area (Å²) in [5, 5.41) is 3.41. The predicted octanol–water partition coefficient (Wildman–Crippen LogP) is 6.13. The Morgan fingerprint density at radius 1 is 1.13 bits per heavy atom. The number of halogens is 3. The first-order valence-corrected chi connectivity index (χ1v) is 10.8. The Bertz CT molecular complexity index is 1270. The molecular formula is C21H12Cl3N3O3S. The van der Waals surface area contributed by atoms with Crippen molar-refractivity contribution in [2.24, 2.45) is 4.99 Å². The highest BCUT2D eigenvalue weighted by molar-refractivity contribution is 7.14. The Hall–Kier alpha value is -2.71. The van der Waals surface area contributed by atoms with Crippen LogP contribution in [0, 0.1) is 0 Å². The fourth-order valence-corrected chi connectivity index (χ4v) is 4.33. The van der Waals surface area contributed by atoms with E-state index in [9.17, 15) is 9.59 Å². The van der Waals surface area contributed by atoms with Crippen molar-refractivity contribution >= 4 is 80.8 Å². The van der Waals surface area contributed by atoms with Crippen molar-refractivity contribution < 1.29 is 14.3 Å². The summed E-state index contributed by atoms with van der Waals surface area (Å²) in [5.41, 5.74) is 1.56. The molecule has 0 saturated heterocycles. The SMILES string of the molecule is CC(=O)N(c1cccc(Cl)c1)c1nc(/C=C2\N=C(c3ccc(Cl)cc3Cl)OC2=O)cs1. The van der Waals surface area contributed by atoms with Crippen LogP contribution < -0.4 is 4.90 Å². The van der Waals surface area contributed by atoms with E-state index in [2.05, 4.69) is 9.98 Å². The third-order valence-corrected chi connectivity index (χ3v) is 5.78. The third kappa shape index (κ3) is 4.65. The van der Waals surface area contributed by atoms with Crippen molar-refractivity contribution in [1.82, 2.24) is 4.98 Å². The van der Waals surface area contributed by atoms with Crippen LogP contribution >= 0.6 is 46.1 Å². The van der Waals surface area contributed by atoms with E-state index in [-0.39, 0.29) is 17.5 Å². The molecule has 0 bridgehead atoms. The summed E-state index contributed by atoms with van der Waals surface area (Å²) in [5.74, 6) is -0.778. The van der Waals surface area contributed by atoms with Gasteiger partial charge in [-0.1, -0.05) is 40.9 Å².